The van der Waals surface area contributed by atoms with Crippen molar-refractivity contribution in [3.63, 3.8) is 0 Å². The Morgan fingerprint density at radius 1 is 1.09 bits per heavy atom. The van der Waals surface area contributed by atoms with Crippen LogP contribution in [0.15, 0.2) is 52.3 Å². The van der Waals surface area contributed by atoms with E-state index in [1.807, 2.05) is 36.6 Å². The molecule has 1 heterocycles. The molecule has 3 rings (SSSR count). The maximum absolute atomic E-state index is 12.9. The Morgan fingerprint density at radius 3 is 2.31 bits per heavy atom. The predicted molar refractivity (Wildman–Crippen MR) is 135 cm³/mol. The Balaban J connectivity index is 1.41. The fourth-order valence-electron chi connectivity index (χ4n) is 3.49. The maximum Gasteiger partial charge on any atom is 0.243 e. The highest BCUT2D eigenvalue weighted by Crippen LogP contribution is 2.28. The van der Waals surface area contributed by atoms with Gasteiger partial charge in [0.25, 0.3) is 0 Å². The Labute approximate surface area is 208 Å². The van der Waals surface area contributed by atoms with Gasteiger partial charge in [-0.3, -0.25) is 4.79 Å². The molecule has 32 heavy (non-hydrogen) atoms. The first-order chi connectivity index (χ1) is 15.3. The lowest BCUT2D eigenvalue weighted by molar-refractivity contribution is -0.125. The van der Waals surface area contributed by atoms with E-state index in [1.165, 1.54) is 4.31 Å². The molecule has 1 aliphatic heterocycles. The number of amides is 1. The summed E-state index contributed by atoms with van der Waals surface area (Å²) in [5, 5.41) is 4.27. The molecule has 0 bridgehead atoms. The molecule has 0 aromatic heterocycles. The smallest absolute Gasteiger partial charge is 0.243 e. The molecule has 0 unspecified atom stereocenters. The summed E-state index contributed by atoms with van der Waals surface area (Å²) in [7, 11) is -3.53. The number of benzene rings is 2. The summed E-state index contributed by atoms with van der Waals surface area (Å²) >= 11 is 15.6. The van der Waals surface area contributed by atoms with Crippen LogP contribution in [0.4, 0.5) is 0 Å². The summed E-state index contributed by atoms with van der Waals surface area (Å²) in [6.45, 7) is 1.25. The number of nitrogens with zero attached hydrogens (tertiary/aromatic N) is 1. The Bertz CT molecular complexity index is 1000. The molecule has 0 saturated carbocycles. The zero-order valence-corrected chi connectivity index (χ0v) is 21.7. The second kappa shape index (κ2) is 12.0. The Hall–Kier alpha value is -0.900. The van der Waals surface area contributed by atoms with E-state index in [2.05, 4.69) is 5.32 Å². The SMILES string of the molecule is CSc1ccc(S(=O)(=O)N2CCC(C(=O)NCCSCc3c(Cl)cccc3Cl)CC2)cc1. The quantitative estimate of drug-likeness (QED) is 0.356. The number of carbonyl (C=O) groups is 1. The third-order valence-corrected chi connectivity index (χ3v) is 9.73. The van der Waals surface area contributed by atoms with Gasteiger partial charge in [-0.1, -0.05) is 29.3 Å². The normalized spacial score (nSPS) is 15.6. The van der Waals surface area contributed by atoms with Crippen LogP contribution in [0.1, 0.15) is 18.4 Å². The predicted octanol–water partition coefficient (Wildman–Crippen LogP) is 5.17. The van der Waals surface area contributed by atoms with Gasteiger partial charge in [0.1, 0.15) is 0 Å². The highest BCUT2D eigenvalue weighted by atomic mass is 35.5. The zero-order chi connectivity index (χ0) is 23.1. The van der Waals surface area contributed by atoms with Crippen molar-refractivity contribution >= 4 is 62.7 Å². The molecule has 1 aliphatic rings. The van der Waals surface area contributed by atoms with E-state index >= 15 is 0 Å². The average Bonchev–Trinajstić information content (AvgIpc) is 2.80. The summed E-state index contributed by atoms with van der Waals surface area (Å²) in [4.78, 5) is 13.8. The number of sulfonamides is 1. The molecule has 0 atom stereocenters. The zero-order valence-electron chi connectivity index (χ0n) is 17.7. The summed E-state index contributed by atoms with van der Waals surface area (Å²) in [5.41, 5.74) is 0.906. The van der Waals surface area contributed by atoms with Gasteiger partial charge in [-0.2, -0.15) is 16.1 Å². The van der Waals surface area contributed by atoms with E-state index in [9.17, 15) is 13.2 Å². The van der Waals surface area contributed by atoms with E-state index < -0.39 is 10.0 Å². The van der Waals surface area contributed by atoms with Crippen molar-refractivity contribution < 1.29 is 13.2 Å². The van der Waals surface area contributed by atoms with E-state index in [0.29, 0.717) is 53.2 Å². The van der Waals surface area contributed by atoms with Crippen LogP contribution >= 0.6 is 46.7 Å². The first-order valence-corrected chi connectivity index (χ1v) is 14.8. The van der Waals surface area contributed by atoms with Gasteiger partial charge in [-0.05, 0) is 61.1 Å². The van der Waals surface area contributed by atoms with Crippen LogP contribution in [-0.2, 0) is 20.6 Å². The fraction of sp³-hybridized carbons (Fsp3) is 0.409. The average molecular weight is 534 g/mol. The molecule has 1 amide bonds. The molecular weight excluding hydrogens is 507 g/mol. The molecule has 2 aromatic rings. The lowest BCUT2D eigenvalue weighted by atomic mass is 9.97. The minimum atomic E-state index is -3.53. The summed E-state index contributed by atoms with van der Waals surface area (Å²) in [6, 6.07) is 12.4. The Morgan fingerprint density at radius 2 is 1.72 bits per heavy atom. The van der Waals surface area contributed by atoms with Gasteiger partial charge in [0.05, 0.1) is 4.90 Å². The number of thioether (sulfide) groups is 2. The molecule has 0 spiro atoms. The van der Waals surface area contributed by atoms with Gasteiger partial charge >= 0.3 is 0 Å². The molecule has 2 aromatic carbocycles. The Kier molecular flexibility index (Phi) is 9.64. The third-order valence-electron chi connectivity index (χ3n) is 5.38. The number of carbonyl (C=O) groups excluding carboxylic acids is 1. The van der Waals surface area contributed by atoms with Crippen molar-refractivity contribution in [2.24, 2.45) is 5.92 Å². The molecule has 174 valence electrons. The monoisotopic (exact) mass is 532 g/mol. The van der Waals surface area contributed by atoms with E-state index in [1.54, 1.807) is 35.7 Å². The molecule has 1 fully saturated rings. The lowest BCUT2D eigenvalue weighted by Gasteiger charge is -2.30. The van der Waals surface area contributed by atoms with Crippen molar-refractivity contribution in [2.75, 3.05) is 31.6 Å². The van der Waals surface area contributed by atoms with Crippen molar-refractivity contribution in [3.05, 3.63) is 58.1 Å². The van der Waals surface area contributed by atoms with Gasteiger partial charge < -0.3 is 5.32 Å². The van der Waals surface area contributed by atoms with Crippen molar-refractivity contribution in [1.29, 1.82) is 0 Å². The van der Waals surface area contributed by atoms with E-state index in [4.69, 9.17) is 23.2 Å². The maximum atomic E-state index is 12.9. The van der Waals surface area contributed by atoms with E-state index in [-0.39, 0.29) is 11.8 Å². The first kappa shape index (κ1) is 25.7. The number of piperidine rings is 1. The molecule has 5 nitrogen and oxygen atoms in total. The number of rotatable bonds is 9. The number of halogens is 2. The summed E-state index contributed by atoms with van der Waals surface area (Å²) in [5.74, 6) is 1.25. The van der Waals surface area contributed by atoms with Crippen molar-refractivity contribution in [2.45, 2.75) is 28.4 Å². The van der Waals surface area contributed by atoms with Gasteiger partial charge in [0.15, 0.2) is 0 Å². The van der Waals surface area contributed by atoms with Crippen molar-refractivity contribution in [1.82, 2.24) is 9.62 Å². The van der Waals surface area contributed by atoms with Crippen LogP contribution in [0, 0.1) is 5.92 Å². The first-order valence-electron chi connectivity index (χ1n) is 10.3. The summed E-state index contributed by atoms with van der Waals surface area (Å²) in [6.07, 6.45) is 3.00. The summed E-state index contributed by atoms with van der Waals surface area (Å²) < 4.78 is 27.2. The minimum Gasteiger partial charge on any atom is -0.355 e. The van der Waals surface area contributed by atoms with Crippen LogP contribution in [0.3, 0.4) is 0 Å². The minimum absolute atomic E-state index is 0.0113. The molecule has 10 heteroatoms. The lowest BCUT2D eigenvalue weighted by Crippen LogP contribution is -2.43. The molecule has 1 N–H and O–H groups in total. The fourth-order valence-corrected chi connectivity index (χ4v) is 6.96. The molecule has 1 saturated heterocycles. The van der Waals surface area contributed by atoms with Gasteiger partial charge in [-0.25, -0.2) is 8.42 Å². The van der Waals surface area contributed by atoms with Gasteiger partial charge in [-0.15, -0.1) is 11.8 Å². The third kappa shape index (κ3) is 6.58. The van der Waals surface area contributed by atoms with E-state index in [0.717, 1.165) is 16.2 Å². The molecular formula is C22H26Cl2N2O3S3. The number of hydrogen-bond donors (Lipinski definition) is 1. The largest absolute Gasteiger partial charge is 0.355 e. The second-order valence-corrected chi connectivity index (χ2v) is 12.1. The van der Waals surface area contributed by atoms with Gasteiger partial charge in [0.2, 0.25) is 15.9 Å². The standard InChI is InChI=1S/C22H26Cl2N2O3S3/c1-30-17-5-7-18(8-6-17)32(28,29)26-12-9-16(10-13-26)22(27)25-11-14-31-15-19-20(23)3-2-4-21(19)24/h2-8,16H,9-15H2,1H3,(H,25,27). The highest BCUT2D eigenvalue weighted by molar-refractivity contribution is 7.98. The number of hydrogen-bond acceptors (Lipinski definition) is 5. The topological polar surface area (TPSA) is 66.5 Å². The van der Waals surface area contributed by atoms with Crippen LogP contribution in [-0.4, -0.2) is 50.3 Å². The second-order valence-electron chi connectivity index (χ2n) is 7.40. The van der Waals surface area contributed by atoms with Gasteiger partial charge in [0, 0.05) is 52.0 Å². The van der Waals surface area contributed by atoms with Crippen LogP contribution < -0.4 is 5.32 Å². The van der Waals surface area contributed by atoms with Crippen molar-refractivity contribution in [3.8, 4) is 0 Å². The van der Waals surface area contributed by atoms with Crippen LogP contribution in [0.2, 0.25) is 10.0 Å². The van der Waals surface area contributed by atoms with Crippen LogP contribution in [0.25, 0.3) is 0 Å². The molecule has 0 radical (unpaired) electrons. The number of nitrogens with one attached hydrogen (secondary N) is 1. The molecule has 0 aliphatic carbocycles. The highest BCUT2D eigenvalue weighted by Gasteiger charge is 2.31. The van der Waals surface area contributed by atoms with Crippen LogP contribution in [0.5, 0.6) is 0 Å².